The molecule has 18 heavy (non-hydrogen) atoms. The van der Waals surface area contributed by atoms with E-state index in [0.717, 1.165) is 12.1 Å². The van der Waals surface area contributed by atoms with Crippen LogP contribution in [0.1, 0.15) is 18.6 Å². The molecule has 0 unspecified atom stereocenters. The molecule has 102 valence electrons. The number of aliphatic hydroxyl groups is 1. The third-order valence-corrected chi connectivity index (χ3v) is 1.99. The second kappa shape index (κ2) is 6.01. The Balaban J connectivity index is 2.57. The summed E-state index contributed by atoms with van der Waals surface area (Å²) in [6, 6.07) is 3.34. The van der Waals surface area contributed by atoms with E-state index in [1.807, 2.05) is 0 Å². The Morgan fingerprint density at radius 2 is 2.00 bits per heavy atom. The lowest BCUT2D eigenvalue weighted by Crippen LogP contribution is -2.19. The summed E-state index contributed by atoms with van der Waals surface area (Å²) in [6.07, 6.45) is -5.43. The van der Waals surface area contributed by atoms with Gasteiger partial charge in [0, 0.05) is 5.56 Å². The predicted octanol–water partition coefficient (Wildman–Crippen LogP) is 2.79. The first-order valence-corrected chi connectivity index (χ1v) is 5.04. The average molecular weight is 268 g/mol. The molecule has 0 heterocycles. The van der Waals surface area contributed by atoms with Gasteiger partial charge in [-0.3, -0.25) is 0 Å². The van der Waals surface area contributed by atoms with E-state index in [2.05, 4.69) is 4.74 Å². The van der Waals surface area contributed by atoms with Gasteiger partial charge >= 0.3 is 6.18 Å². The van der Waals surface area contributed by atoms with E-state index in [1.165, 1.54) is 13.0 Å². The van der Waals surface area contributed by atoms with E-state index in [9.17, 15) is 22.7 Å². The number of hydrogen-bond acceptors (Lipinski definition) is 3. The molecular weight excluding hydrogens is 256 g/mol. The maximum Gasteiger partial charge on any atom is 0.411 e. The Kier molecular flexibility index (Phi) is 4.92. The fourth-order valence-electron chi connectivity index (χ4n) is 1.24. The molecule has 0 aromatic heterocycles. The third kappa shape index (κ3) is 4.89. The van der Waals surface area contributed by atoms with Crippen molar-refractivity contribution in [3.05, 3.63) is 29.6 Å². The van der Waals surface area contributed by atoms with Gasteiger partial charge in [-0.1, -0.05) is 0 Å². The van der Waals surface area contributed by atoms with E-state index >= 15 is 0 Å². The fourth-order valence-corrected chi connectivity index (χ4v) is 1.24. The summed E-state index contributed by atoms with van der Waals surface area (Å²) in [5, 5.41) is 9.35. The summed E-state index contributed by atoms with van der Waals surface area (Å²) in [5.41, 5.74) is 0.144. The van der Waals surface area contributed by atoms with Gasteiger partial charge in [-0.15, -0.1) is 0 Å². The van der Waals surface area contributed by atoms with Crippen LogP contribution >= 0.6 is 0 Å². The van der Waals surface area contributed by atoms with Gasteiger partial charge in [0.05, 0.1) is 6.10 Å². The Morgan fingerprint density at radius 1 is 1.33 bits per heavy atom. The van der Waals surface area contributed by atoms with Gasteiger partial charge < -0.3 is 14.6 Å². The van der Waals surface area contributed by atoms with Gasteiger partial charge in [0.1, 0.15) is 18.2 Å². The minimum Gasteiger partial charge on any atom is -0.467 e. The first-order valence-electron chi connectivity index (χ1n) is 5.04. The molecule has 0 saturated heterocycles. The highest BCUT2D eigenvalue weighted by molar-refractivity contribution is 5.35. The van der Waals surface area contributed by atoms with Gasteiger partial charge in [0.15, 0.2) is 6.79 Å². The summed E-state index contributed by atoms with van der Waals surface area (Å²) in [4.78, 5) is 0. The molecule has 0 amide bonds. The molecule has 0 fully saturated rings. The molecule has 1 aromatic carbocycles. The van der Waals surface area contributed by atoms with Crippen molar-refractivity contribution >= 4 is 0 Å². The van der Waals surface area contributed by atoms with E-state index in [4.69, 9.17) is 4.74 Å². The topological polar surface area (TPSA) is 38.7 Å². The van der Waals surface area contributed by atoms with Crippen LogP contribution in [0.15, 0.2) is 18.2 Å². The standard InChI is InChI=1S/C11H12F4O3/c1-7(16)9-4-8(12)2-3-10(9)18-6-17-5-11(13,14)15/h2-4,7,16H,5-6H2,1H3/t7-/m1/s1. The Hall–Kier alpha value is -1.34. The molecule has 7 heteroatoms. The van der Waals surface area contributed by atoms with Crippen LogP contribution in [0.4, 0.5) is 17.6 Å². The first kappa shape index (κ1) is 14.7. The minimum absolute atomic E-state index is 0.0774. The lowest BCUT2D eigenvalue weighted by atomic mass is 10.1. The highest BCUT2D eigenvalue weighted by Crippen LogP contribution is 2.26. The highest BCUT2D eigenvalue weighted by atomic mass is 19.4. The van der Waals surface area contributed by atoms with Crippen molar-refractivity contribution in [3.63, 3.8) is 0 Å². The van der Waals surface area contributed by atoms with E-state index in [-0.39, 0.29) is 11.3 Å². The number of ether oxygens (including phenoxy) is 2. The Morgan fingerprint density at radius 3 is 2.56 bits per heavy atom. The van der Waals surface area contributed by atoms with Crippen molar-refractivity contribution in [1.29, 1.82) is 0 Å². The molecule has 0 aliphatic rings. The monoisotopic (exact) mass is 268 g/mol. The molecule has 0 radical (unpaired) electrons. The highest BCUT2D eigenvalue weighted by Gasteiger charge is 2.27. The molecule has 0 saturated carbocycles. The van der Waals surface area contributed by atoms with Crippen molar-refractivity contribution < 1.29 is 32.1 Å². The van der Waals surface area contributed by atoms with E-state index in [1.54, 1.807) is 0 Å². The number of rotatable bonds is 5. The van der Waals surface area contributed by atoms with Crippen LogP contribution in [0, 0.1) is 5.82 Å². The third-order valence-electron chi connectivity index (χ3n) is 1.99. The van der Waals surface area contributed by atoms with Crippen molar-refractivity contribution in [2.24, 2.45) is 0 Å². The summed E-state index contributed by atoms with van der Waals surface area (Å²) in [7, 11) is 0. The van der Waals surface area contributed by atoms with Gasteiger partial charge in [-0.25, -0.2) is 4.39 Å². The number of benzene rings is 1. The van der Waals surface area contributed by atoms with Gasteiger partial charge in [-0.2, -0.15) is 13.2 Å². The number of alkyl halides is 3. The molecular formula is C11H12F4O3. The molecule has 0 aliphatic carbocycles. The quantitative estimate of drug-likeness (QED) is 0.507. The number of aliphatic hydroxyl groups excluding tert-OH is 1. The summed E-state index contributed by atoms with van der Waals surface area (Å²) in [5.74, 6) is -0.497. The molecule has 3 nitrogen and oxygen atoms in total. The van der Waals surface area contributed by atoms with Crippen LogP contribution in [0.2, 0.25) is 0 Å². The molecule has 1 N–H and O–H groups in total. The second-order valence-electron chi connectivity index (χ2n) is 3.58. The Bertz CT molecular complexity index is 390. The van der Waals surface area contributed by atoms with Crippen LogP contribution < -0.4 is 4.74 Å². The largest absolute Gasteiger partial charge is 0.467 e. The van der Waals surface area contributed by atoms with Gasteiger partial charge in [0.25, 0.3) is 0 Å². The van der Waals surface area contributed by atoms with E-state index < -0.39 is 31.5 Å². The van der Waals surface area contributed by atoms with E-state index in [0.29, 0.717) is 0 Å². The zero-order valence-electron chi connectivity index (χ0n) is 9.50. The summed E-state index contributed by atoms with van der Waals surface area (Å²) in [6.45, 7) is -0.679. The lowest BCUT2D eigenvalue weighted by molar-refractivity contribution is -0.186. The normalized spacial score (nSPS) is 13.4. The average Bonchev–Trinajstić information content (AvgIpc) is 2.24. The smallest absolute Gasteiger partial charge is 0.411 e. The van der Waals surface area contributed by atoms with Crippen LogP contribution in [0.25, 0.3) is 0 Å². The molecule has 1 aromatic rings. The predicted molar refractivity (Wildman–Crippen MR) is 54.5 cm³/mol. The van der Waals surface area contributed by atoms with Crippen LogP contribution in [-0.4, -0.2) is 24.7 Å². The molecule has 0 spiro atoms. The first-order chi connectivity index (χ1) is 8.29. The van der Waals surface area contributed by atoms with Gasteiger partial charge in [0.2, 0.25) is 0 Å². The molecule has 1 rings (SSSR count). The summed E-state index contributed by atoms with van der Waals surface area (Å²) < 4.78 is 57.4. The van der Waals surface area contributed by atoms with Gasteiger partial charge in [-0.05, 0) is 25.1 Å². The van der Waals surface area contributed by atoms with Crippen LogP contribution in [0.3, 0.4) is 0 Å². The SMILES string of the molecule is C[C@@H](O)c1cc(F)ccc1OCOCC(F)(F)F. The number of halogens is 4. The maximum atomic E-state index is 12.9. The lowest BCUT2D eigenvalue weighted by Gasteiger charge is -2.14. The fraction of sp³-hybridized carbons (Fsp3) is 0.455. The van der Waals surface area contributed by atoms with Crippen molar-refractivity contribution in [2.75, 3.05) is 13.4 Å². The second-order valence-corrected chi connectivity index (χ2v) is 3.58. The summed E-state index contributed by atoms with van der Waals surface area (Å²) >= 11 is 0. The van der Waals surface area contributed by atoms with Crippen molar-refractivity contribution in [3.8, 4) is 5.75 Å². The van der Waals surface area contributed by atoms with Crippen molar-refractivity contribution in [1.82, 2.24) is 0 Å². The number of hydrogen-bond donors (Lipinski definition) is 1. The molecule has 0 aliphatic heterocycles. The minimum atomic E-state index is -4.43. The van der Waals surface area contributed by atoms with Crippen LogP contribution in [-0.2, 0) is 4.74 Å². The molecule has 1 atom stereocenters. The zero-order valence-corrected chi connectivity index (χ0v) is 9.50. The maximum absolute atomic E-state index is 12.9. The van der Waals surface area contributed by atoms with Crippen LogP contribution in [0.5, 0.6) is 5.75 Å². The van der Waals surface area contributed by atoms with Crippen molar-refractivity contribution in [2.45, 2.75) is 19.2 Å². The Labute approximate surface area is 101 Å². The zero-order chi connectivity index (χ0) is 13.8. The molecule has 0 bridgehead atoms.